The molecule has 1 atom stereocenters. The Morgan fingerprint density at radius 2 is 1.53 bits per heavy atom. The topological polar surface area (TPSA) is 42.5 Å². The molecule has 0 saturated carbocycles. The van der Waals surface area contributed by atoms with Crippen LogP contribution in [0.5, 0.6) is 11.5 Å². The molecule has 1 unspecified atom stereocenters. The van der Waals surface area contributed by atoms with E-state index in [9.17, 15) is 0 Å². The molecule has 1 aromatic rings. The van der Waals surface area contributed by atoms with Crippen molar-refractivity contribution in [3.8, 4) is 11.5 Å². The summed E-state index contributed by atoms with van der Waals surface area (Å²) in [6.07, 6.45) is 0. The second kappa shape index (κ2) is 8.02. The predicted octanol–water partition coefficient (Wildman–Crippen LogP) is 2.18. The third-order valence-electron chi connectivity index (χ3n) is 2.90. The molecule has 1 aromatic carbocycles. The van der Waals surface area contributed by atoms with Crippen LogP contribution in [0, 0.1) is 0 Å². The minimum absolute atomic E-state index is 0.416. The van der Waals surface area contributed by atoms with Gasteiger partial charge in [0.25, 0.3) is 0 Å². The second-order valence-electron chi connectivity index (χ2n) is 5.07. The van der Waals surface area contributed by atoms with Crippen LogP contribution in [0.2, 0.25) is 0 Å². The Balaban J connectivity index is 2.52. The van der Waals surface area contributed by atoms with E-state index in [1.54, 1.807) is 14.2 Å². The van der Waals surface area contributed by atoms with E-state index >= 15 is 0 Å². The molecule has 0 fully saturated rings. The van der Waals surface area contributed by atoms with Crippen LogP contribution in [-0.4, -0.2) is 32.8 Å². The molecule has 0 heterocycles. The number of hydrogen-bond donors (Lipinski definition) is 2. The highest BCUT2D eigenvalue weighted by Gasteiger charge is 2.05. The molecular formula is C15H26N2O2. The highest BCUT2D eigenvalue weighted by molar-refractivity contribution is 5.38. The molecule has 0 aromatic heterocycles. The van der Waals surface area contributed by atoms with Crippen molar-refractivity contribution in [1.82, 2.24) is 10.6 Å². The molecular weight excluding hydrogens is 240 g/mol. The zero-order chi connectivity index (χ0) is 14.3. The number of hydrogen-bond acceptors (Lipinski definition) is 4. The van der Waals surface area contributed by atoms with Gasteiger partial charge in [0.2, 0.25) is 0 Å². The number of rotatable bonds is 8. The van der Waals surface area contributed by atoms with Crippen molar-refractivity contribution < 1.29 is 9.47 Å². The summed E-state index contributed by atoms with van der Waals surface area (Å²) in [5, 5.41) is 6.90. The standard InChI is InChI=1S/C15H26N2O2/c1-11(2)16-9-12(3)17-10-13-6-14(18-4)8-15(7-13)19-5/h6-8,11-12,16-17H,9-10H2,1-5H3. The Labute approximate surface area is 116 Å². The molecule has 4 heteroatoms. The van der Waals surface area contributed by atoms with Crippen molar-refractivity contribution in [2.75, 3.05) is 20.8 Å². The van der Waals surface area contributed by atoms with Crippen LogP contribution >= 0.6 is 0 Å². The Morgan fingerprint density at radius 3 is 2.00 bits per heavy atom. The average Bonchev–Trinajstić information content (AvgIpc) is 2.42. The Bertz CT molecular complexity index is 358. The molecule has 0 saturated heterocycles. The van der Waals surface area contributed by atoms with Gasteiger partial charge in [-0.1, -0.05) is 13.8 Å². The van der Waals surface area contributed by atoms with Crippen molar-refractivity contribution in [1.29, 1.82) is 0 Å². The van der Waals surface area contributed by atoms with Crippen molar-refractivity contribution in [2.45, 2.75) is 39.4 Å². The lowest BCUT2D eigenvalue weighted by Crippen LogP contribution is -2.38. The normalized spacial score (nSPS) is 12.5. The summed E-state index contributed by atoms with van der Waals surface area (Å²) < 4.78 is 10.5. The molecule has 0 amide bonds. The number of nitrogens with one attached hydrogen (secondary N) is 2. The molecule has 19 heavy (non-hydrogen) atoms. The summed E-state index contributed by atoms with van der Waals surface area (Å²) >= 11 is 0. The molecule has 2 N–H and O–H groups in total. The van der Waals surface area contributed by atoms with Gasteiger partial charge in [-0.15, -0.1) is 0 Å². The summed E-state index contributed by atoms with van der Waals surface area (Å²) in [6, 6.07) is 6.87. The van der Waals surface area contributed by atoms with Crippen LogP contribution in [-0.2, 0) is 6.54 Å². The van der Waals surface area contributed by atoms with E-state index in [1.165, 1.54) is 0 Å². The van der Waals surface area contributed by atoms with Gasteiger partial charge < -0.3 is 20.1 Å². The van der Waals surface area contributed by atoms with Gasteiger partial charge in [0.15, 0.2) is 0 Å². The first-order valence-electron chi connectivity index (χ1n) is 6.74. The van der Waals surface area contributed by atoms with Crippen molar-refractivity contribution in [2.24, 2.45) is 0 Å². The number of benzene rings is 1. The summed E-state index contributed by atoms with van der Waals surface area (Å²) in [6.45, 7) is 8.24. The maximum absolute atomic E-state index is 5.26. The van der Waals surface area contributed by atoms with Gasteiger partial charge in [0.1, 0.15) is 11.5 Å². The minimum atomic E-state index is 0.416. The number of ether oxygens (including phenoxy) is 2. The lowest BCUT2D eigenvalue weighted by atomic mass is 10.2. The highest BCUT2D eigenvalue weighted by Crippen LogP contribution is 2.22. The fraction of sp³-hybridized carbons (Fsp3) is 0.600. The molecule has 0 aliphatic heterocycles. The van der Waals surface area contributed by atoms with E-state index in [0.717, 1.165) is 30.2 Å². The average molecular weight is 266 g/mol. The molecule has 0 radical (unpaired) electrons. The van der Waals surface area contributed by atoms with Crippen LogP contribution < -0.4 is 20.1 Å². The summed E-state index contributed by atoms with van der Waals surface area (Å²) in [5.74, 6) is 1.65. The van der Waals surface area contributed by atoms with E-state index < -0.39 is 0 Å². The largest absolute Gasteiger partial charge is 0.497 e. The molecule has 0 bridgehead atoms. The fourth-order valence-electron chi connectivity index (χ4n) is 1.75. The quantitative estimate of drug-likeness (QED) is 0.757. The van der Waals surface area contributed by atoms with Crippen LogP contribution in [0.4, 0.5) is 0 Å². The van der Waals surface area contributed by atoms with Gasteiger partial charge in [-0.25, -0.2) is 0 Å². The molecule has 108 valence electrons. The van der Waals surface area contributed by atoms with Crippen molar-refractivity contribution in [3.05, 3.63) is 23.8 Å². The maximum atomic E-state index is 5.26. The molecule has 0 aliphatic rings. The molecule has 4 nitrogen and oxygen atoms in total. The van der Waals surface area contributed by atoms with Crippen molar-refractivity contribution >= 4 is 0 Å². The molecule has 1 rings (SSSR count). The van der Waals surface area contributed by atoms with E-state index in [2.05, 4.69) is 31.4 Å². The van der Waals surface area contributed by atoms with Crippen LogP contribution in [0.15, 0.2) is 18.2 Å². The first-order valence-corrected chi connectivity index (χ1v) is 6.74. The monoisotopic (exact) mass is 266 g/mol. The highest BCUT2D eigenvalue weighted by atomic mass is 16.5. The van der Waals surface area contributed by atoms with E-state index in [-0.39, 0.29) is 0 Å². The zero-order valence-corrected chi connectivity index (χ0v) is 12.6. The molecule has 0 spiro atoms. The molecule has 0 aliphatic carbocycles. The van der Waals surface area contributed by atoms with Gasteiger partial charge in [-0.2, -0.15) is 0 Å². The third-order valence-corrected chi connectivity index (χ3v) is 2.90. The Morgan fingerprint density at radius 1 is 0.947 bits per heavy atom. The van der Waals surface area contributed by atoms with Crippen LogP contribution in [0.3, 0.4) is 0 Å². The Kier molecular flexibility index (Phi) is 6.67. The summed E-state index contributed by atoms with van der Waals surface area (Å²) in [4.78, 5) is 0. The van der Waals surface area contributed by atoms with Crippen LogP contribution in [0.1, 0.15) is 26.3 Å². The van der Waals surface area contributed by atoms with E-state index in [1.807, 2.05) is 18.2 Å². The second-order valence-corrected chi connectivity index (χ2v) is 5.07. The van der Waals surface area contributed by atoms with E-state index in [0.29, 0.717) is 12.1 Å². The predicted molar refractivity (Wildman–Crippen MR) is 79.0 cm³/mol. The van der Waals surface area contributed by atoms with E-state index in [4.69, 9.17) is 9.47 Å². The van der Waals surface area contributed by atoms with Gasteiger partial charge in [-0.3, -0.25) is 0 Å². The Hall–Kier alpha value is -1.26. The van der Waals surface area contributed by atoms with Gasteiger partial charge in [-0.05, 0) is 24.6 Å². The van der Waals surface area contributed by atoms with Gasteiger partial charge >= 0.3 is 0 Å². The lowest BCUT2D eigenvalue weighted by molar-refractivity contribution is 0.392. The smallest absolute Gasteiger partial charge is 0.122 e. The first kappa shape index (κ1) is 15.8. The van der Waals surface area contributed by atoms with Gasteiger partial charge in [0, 0.05) is 31.2 Å². The maximum Gasteiger partial charge on any atom is 0.122 e. The minimum Gasteiger partial charge on any atom is -0.497 e. The first-order chi connectivity index (χ1) is 9.05. The third kappa shape index (κ3) is 5.94. The van der Waals surface area contributed by atoms with Crippen LogP contribution in [0.25, 0.3) is 0 Å². The van der Waals surface area contributed by atoms with Gasteiger partial charge in [0.05, 0.1) is 14.2 Å². The number of methoxy groups -OCH3 is 2. The summed E-state index contributed by atoms with van der Waals surface area (Å²) in [5.41, 5.74) is 1.16. The lowest BCUT2D eigenvalue weighted by Gasteiger charge is -2.17. The zero-order valence-electron chi connectivity index (χ0n) is 12.6. The fourth-order valence-corrected chi connectivity index (χ4v) is 1.75. The van der Waals surface area contributed by atoms with Crippen molar-refractivity contribution in [3.63, 3.8) is 0 Å². The summed E-state index contributed by atoms with van der Waals surface area (Å²) in [7, 11) is 3.34. The SMILES string of the molecule is COc1cc(CNC(C)CNC(C)C)cc(OC)c1.